The number of nitrogens with zero attached hydrogens (tertiary/aromatic N) is 2. The van der Waals surface area contributed by atoms with Crippen molar-refractivity contribution in [2.24, 2.45) is 5.92 Å². The van der Waals surface area contributed by atoms with Crippen LogP contribution in [0.15, 0.2) is 18.5 Å². The Balaban J connectivity index is 2.01. The quantitative estimate of drug-likeness (QED) is 0.867. The first-order chi connectivity index (χ1) is 8.20. The van der Waals surface area contributed by atoms with Crippen molar-refractivity contribution in [3.8, 4) is 0 Å². The van der Waals surface area contributed by atoms with Crippen LogP contribution in [0.3, 0.4) is 0 Å². The van der Waals surface area contributed by atoms with Gasteiger partial charge in [-0.15, -0.1) is 0 Å². The number of aryl methyl sites for hydroxylation is 1. The second kappa shape index (κ2) is 5.50. The highest BCUT2D eigenvalue weighted by molar-refractivity contribution is 5.46. The highest BCUT2D eigenvalue weighted by atomic mass is 15.2. The van der Waals surface area contributed by atoms with Crippen LogP contribution in [0.5, 0.6) is 0 Å². The average molecular weight is 233 g/mol. The van der Waals surface area contributed by atoms with E-state index in [2.05, 4.69) is 42.0 Å². The van der Waals surface area contributed by atoms with Crippen LogP contribution >= 0.6 is 0 Å². The molecule has 2 atom stereocenters. The fourth-order valence-corrected chi connectivity index (χ4v) is 2.66. The summed E-state index contributed by atoms with van der Waals surface area (Å²) in [5.41, 5.74) is 2.51. The molecule has 2 heterocycles. The topological polar surface area (TPSA) is 28.2 Å². The Kier molecular flexibility index (Phi) is 4.00. The zero-order valence-corrected chi connectivity index (χ0v) is 11.1. The summed E-state index contributed by atoms with van der Waals surface area (Å²) in [6, 6.07) is 2.90. The summed E-state index contributed by atoms with van der Waals surface area (Å²) in [5, 5.41) is 3.58. The third kappa shape index (κ3) is 2.97. The highest BCUT2D eigenvalue weighted by Gasteiger charge is 2.25. The summed E-state index contributed by atoms with van der Waals surface area (Å²) in [4.78, 5) is 6.74. The number of rotatable bonds is 3. The summed E-state index contributed by atoms with van der Waals surface area (Å²) in [6.07, 6.45) is 5.12. The van der Waals surface area contributed by atoms with Crippen LogP contribution in [0.4, 0.5) is 5.69 Å². The lowest BCUT2D eigenvalue weighted by Crippen LogP contribution is -2.48. The van der Waals surface area contributed by atoms with Gasteiger partial charge in [0.25, 0.3) is 0 Å². The van der Waals surface area contributed by atoms with E-state index < -0.39 is 0 Å². The molecule has 1 aromatic heterocycles. The second-order valence-corrected chi connectivity index (χ2v) is 5.10. The molecule has 0 amide bonds. The fourth-order valence-electron chi connectivity index (χ4n) is 2.66. The molecule has 0 aliphatic carbocycles. The molecule has 2 unspecified atom stereocenters. The monoisotopic (exact) mass is 233 g/mol. The Morgan fingerprint density at radius 3 is 2.94 bits per heavy atom. The van der Waals surface area contributed by atoms with Crippen molar-refractivity contribution in [2.75, 3.05) is 24.5 Å². The molecule has 1 aliphatic heterocycles. The number of hydrogen-bond donors (Lipinski definition) is 1. The molecule has 0 spiro atoms. The molecule has 0 radical (unpaired) electrons. The number of hydrogen-bond acceptors (Lipinski definition) is 3. The van der Waals surface area contributed by atoms with Gasteiger partial charge in [0.2, 0.25) is 0 Å². The summed E-state index contributed by atoms with van der Waals surface area (Å²) in [7, 11) is 0. The van der Waals surface area contributed by atoms with E-state index in [0.29, 0.717) is 12.0 Å². The van der Waals surface area contributed by atoms with Gasteiger partial charge in [-0.1, -0.05) is 13.8 Å². The molecule has 3 nitrogen and oxygen atoms in total. The maximum Gasteiger partial charge on any atom is 0.0555 e. The van der Waals surface area contributed by atoms with Gasteiger partial charge >= 0.3 is 0 Å². The lowest BCUT2D eigenvalue weighted by molar-refractivity contribution is 0.327. The predicted molar refractivity (Wildman–Crippen MR) is 72.4 cm³/mol. The van der Waals surface area contributed by atoms with Crippen molar-refractivity contribution in [3.05, 3.63) is 24.0 Å². The van der Waals surface area contributed by atoms with Gasteiger partial charge in [-0.2, -0.15) is 0 Å². The maximum atomic E-state index is 4.28. The molecule has 2 rings (SSSR count). The summed E-state index contributed by atoms with van der Waals surface area (Å²) in [6.45, 7) is 9.95. The molecule has 17 heavy (non-hydrogen) atoms. The SMILES string of the molecule is CCNC1CCN(c2cncc(C)c2)CC1C. The zero-order chi connectivity index (χ0) is 12.3. The van der Waals surface area contributed by atoms with Crippen LogP contribution in [-0.2, 0) is 0 Å². The number of pyridine rings is 1. The Hall–Kier alpha value is -1.09. The zero-order valence-electron chi connectivity index (χ0n) is 11.1. The first-order valence-electron chi connectivity index (χ1n) is 6.60. The number of aromatic nitrogens is 1. The van der Waals surface area contributed by atoms with Gasteiger partial charge in [0.05, 0.1) is 11.9 Å². The van der Waals surface area contributed by atoms with E-state index >= 15 is 0 Å². The third-order valence-corrected chi connectivity index (χ3v) is 3.60. The average Bonchev–Trinajstić information content (AvgIpc) is 2.32. The van der Waals surface area contributed by atoms with Crippen LogP contribution in [0, 0.1) is 12.8 Å². The number of anilines is 1. The molecule has 94 valence electrons. The minimum atomic E-state index is 0.675. The van der Waals surface area contributed by atoms with Crippen molar-refractivity contribution in [3.63, 3.8) is 0 Å². The maximum absolute atomic E-state index is 4.28. The van der Waals surface area contributed by atoms with E-state index in [1.165, 1.54) is 17.7 Å². The molecular formula is C14H23N3. The Morgan fingerprint density at radius 1 is 1.47 bits per heavy atom. The van der Waals surface area contributed by atoms with Crippen LogP contribution in [0.25, 0.3) is 0 Å². The number of piperidine rings is 1. The van der Waals surface area contributed by atoms with Gasteiger partial charge in [0.1, 0.15) is 0 Å². The second-order valence-electron chi connectivity index (χ2n) is 5.10. The predicted octanol–water partition coefficient (Wildman–Crippen LogP) is 2.21. The summed E-state index contributed by atoms with van der Waals surface area (Å²) < 4.78 is 0. The van der Waals surface area contributed by atoms with Gasteiger partial charge in [0.15, 0.2) is 0 Å². The Bertz CT molecular complexity index is 364. The first kappa shape index (κ1) is 12.4. The molecule has 1 aromatic rings. The normalized spacial score (nSPS) is 25.0. The molecule has 1 saturated heterocycles. The van der Waals surface area contributed by atoms with Gasteiger partial charge < -0.3 is 10.2 Å². The fraction of sp³-hybridized carbons (Fsp3) is 0.643. The third-order valence-electron chi connectivity index (χ3n) is 3.60. The van der Waals surface area contributed by atoms with E-state index in [9.17, 15) is 0 Å². The van der Waals surface area contributed by atoms with E-state index in [4.69, 9.17) is 0 Å². The Labute approximate surface area is 104 Å². The van der Waals surface area contributed by atoms with Crippen molar-refractivity contribution >= 4 is 5.69 Å². The van der Waals surface area contributed by atoms with Crippen molar-refractivity contribution in [1.82, 2.24) is 10.3 Å². The van der Waals surface area contributed by atoms with Gasteiger partial charge in [-0.3, -0.25) is 4.98 Å². The van der Waals surface area contributed by atoms with Gasteiger partial charge in [0, 0.05) is 25.3 Å². The highest BCUT2D eigenvalue weighted by Crippen LogP contribution is 2.23. The smallest absolute Gasteiger partial charge is 0.0555 e. The Morgan fingerprint density at radius 2 is 2.29 bits per heavy atom. The molecule has 0 saturated carbocycles. The molecule has 1 aliphatic rings. The van der Waals surface area contributed by atoms with E-state index in [0.717, 1.165) is 19.6 Å². The van der Waals surface area contributed by atoms with Crippen LogP contribution in [0.1, 0.15) is 25.8 Å². The van der Waals surface area contributed by atoms with E-state index in [-0.39, 0.29) is 0 Å². The summed E-state index contributed by atoms with van der Waals surface area (Å²) >= 11 is 0. The standard InChI is InChI=1S/C14H23N3/c1-4-16-14-5-6-17(10-12(14)3)13-7-11(2)8-15-9-13/h7-9,12,14,16H,4-6,10H2,1-3H3. The van der Waals surface area contributed by atoms with Gasteiger partial charge in [-0.05, 0) is 37.4 Å². The van der Waals surface area contributed by atoms with E-state index in [1.807, 2.05) is 12.4 Å². The largest absolute Gasteiger partial charge is 0.370 e. The molecule has 3 heteroatoms. The molecule has 1 N–H and O–H groups in total. The van der Waals surface area contributed by atoms with Crippen LogP contribution in [-0.4, -0.2) is 30.7 Å². The van der Waals surface area contributed by atoms with Crippen LogP contribution in [0.2, 0.25) is 0 Å². The summed E-state index contributed by atoms with van der Waals surface area (Å²) in [5.74, 6) is 0.698. The van der Waals surface area contributed by atoms with Crippen LogP contribution < -0.4 is 10.2 Å². The molecule has 1 fully saturated rings. The first-order valence-corrected chi connectivity index (χ1v) is 6.60. The van der Waals surface area contributed by atoms with Crippen molar-refractivity contribution in [1.29, 1.82) is 0 Å². The lowest BCUT2D eigenvalue weighted by atomic mass is 9.93. The molecule has 0 aromatic carbocycles. The molecule has 0 bridgehead atoms. The van der Waals surface area contributed by atoms with Gasteiger partial charge in [-0.25, -0.2) is 0 Å². The number of nitrogens with one attached hydrogen (secondary N) is 1. The van der Waals surface area contributed by atoms with E-state index in [1.54, 1.807) is 0 Å². The lowest BCUT2D eigenvalue weighted by Gasteiger charge is -2.38. The van der Waals surface area contributed by atoms with Crippen molar-refractivity contribution < 1.29 is 0 Å². The minimum Gasteiger partial charge on any atom is -0.370 e. The minimum absolute atomic E-state index is 0.675. The molecular weight excluding hydrogens is 210 g/mol. The van der Waals surface area contributed by atoms with Crippen molar-refractivity contribution in [2.45, 2.75) is 33.2 Å².